The summed E-state index contributed by atoms with van der Waals surface area (Å²) in [6.45, 7) is 2.68. The molecule has 2 N–H and O–H groups in total. The molecule has 0 amide bonds. The topological polar surface area (TPSA) is 41.6 Å². The first-order chi connectivity index (χ1) is 4.18. The minimum absolute atomic E-state index is 0.692. The molecule has 1 aliphatic rings. The molecule has 1 heterocycles. The Morgan fingerprint density at radius 2 is 2.44 bits per heavy atom. The molecule has 50 valence electrons. The number of rotatable bonds is 0. The van der Waals surface area contributed by atoms with E-state index in [1.807, 2.05) is 25.1 Å². The predicted molar refractivity (Wildman–Crippen MR) is 38.0 cm³/mol. The molecule has 0 aliphatic carbocycles. The van der Waals surface area contributed by atoms with Crippen molar-refractivity contribution >= 4 is 5.84 Å². The second-order valence-electron chi connectivity index (χ2n) is 2.29. The quantitative estimate of drug-likeness (QED) is 0.500. The highest BCUT2D eigenvalue weighted by molar-refractivity contribution is 5.84. The molecule has 0 unspecified atom stereocenters. The van der Waals surface area contributed by atoms with Crippen molar-refractivity contribution < 1.29 is 0 Å². The van der Waals surface area contributed by atoms with E-state index in [4.69, 9.17) is 5.73 Å². The van der Waals surface area contributed by atoms with Gasteiger partial charge in [0.15, 0.2) is 0 Å². The lowest BCUT2D eigenvalue weighted by Gasteiger charge is -2.17. The average Bonchev–Trinajstić information content (AvgIpc) is 1.59. The van der Waals surface area contributed by atoms with Crippen LogP contribution in [0, 0.1) is 0 Å². The van der Waals surface area contributed by atoms with Gasteiger partial charge in [0.2, 0.25) is 0 Å². The molecule has 0 atom stereocenters. The van der Waals surface area contributed by atoms with Crippen LogP contribution in [0.3, 0.4) is 0 Å². The number of amidine groups is 1. The molecule has 0 aromatic heterocycles. The van der Waals surface area contributed by atoms with E-state index in [2.05, 4.69) is 4.99 Å². The van der Waals surface area contributed by atoms with Crippen molar-refractivity contribution in [2.24, 2.45) is 10.7 Å². The summed E-state index contributed by atoms with van der Waals surface area (Å²) >= 11 is 0. The molecule has 3 nitrogen and oxygen atoms in total. The summed E-state index contributed by atoms with van der Waals surface area (Å²) in [4.78, 5) is 6.06. The van der Waals surface area contributed by atoms with Crippen molar-refractivity contribution in [3.63, 3.8) is 0 Å². The summed E-state index contributed by atoms with van der Waals surface area (Å²) in [5.41, 5.74) is 6.46. The molecule has 0 spiro atoms. The van der Waals surface area contributed by atoms with Gasteiger partial charge in [-0.1, -0.05) is 0 Å². The van der Waals surface area contributed by atoms with Crippen LogP contribution >= 0.6 is 0 Å². The van der Waals surface area contributed by atoms with Gasteiger partial charge in [0.05, 0.1) is 12.2 Å². The minimum atomic E-state index is 0.692. The van der Waals surface area contributed by atoms with E-state index in [0.29, 0.717) is 5.84 Å². The van der Waals surface area contributed by atoms with Crippen LogP contribution in [0.25, 0.3) is 0 Å². The van der Waals surface area contributed by atoms with E-state index in [0.717, 1.165) is 12.2 Å². The van der Waals surface area contributed by atoms with E-state index in [1.165, 1.54) is 0 Å². The van der Waals surface area contributed by atoms with Gasteiger partial charge < -0.3 is 10.6 Å². The van der Waals surface area contributed by atoms with E-state index >= 15 is 0 Å². The van der Waals surface area contributed by atoms with E-state index in [9.17, 15) is 0 Å². The molecule has 0 saturated carbocycles. The van der Waals surface area contributed by atoms with Crippen LogP contribution in [0.4, 0.5) is 0 Å². The molecule has 3 heteroatoms. The zero-order chi connectivity index (χ0) is 6.85. The van der Waals surface area contributed by atoms with Gasteiger partial charge in [0, 0.05) is 13.2 Å². The van der Waals surface area contributed by atoms with E-state index in [1.54, 1.807) is 0 Å². The van der Waals surface area contributed by atoms with Gasteiger partial charge in [0.25, 0.3) is 0 Å². The van der Waals surface area contributed by atoms with Crippen LogP contribution in [0.15, 0.2) is 16.9 Å². The Balaban J connectivity index is 2.74. The van der Waals surface area contributed by atoms with Gasteiger partial charge in [-0.2, -0.15) is 0 Å². The fourth-order valence-corrected chi connectivity index (χ4v) is 0.911. The smallest absolute Gasteiger partial charge is 0.119 e. The number of nitrogens with two attached hydrogens (primary N) is 1. The lowest BCUT2D eigenvalue weighted by molar-refractivity contribution is 0.509. The average molecular weight is 125 g/mol. The zero-order valence-electron chi connectivity index (χ0n) is 5.76. The summed E-state index contributed by atoms with van der Waals surface area (Å²) in [6, 6.07) is 0. The highest BCUT2D eigenvalue weighted by atomic mass is 15.1. The van der Waals surface area contributed by atoms with Crippen molar-refractivity contribution in [2.75, 3.05) is 13.6 Å². The maximum atomic E-state index is 5.48. The molecule has 1 aliphatic heterocycles. The Kier molecular flexibility index (Phi) is 1.42. The third kappa shape index (κ3) is 1.45. The summed E-state index contributed by atoms with van der Waals surface area (Å²) in [5, 5.41) is 0. The summed E-state index contributed by atoms with van der Waals surface area (Å²) < 4.78 is 0. The molecule has 0 bridgehead atoms. The number of hydrogen-bond donors (Lipinski definition) is 1. The van der Waals surface area contributed by atoms with Crippen LogP contribution in [0.1, 0.15) is 6.92 Å². The monoisotopic (exact) mass is 125 g/mol. The third-order valence-corrected chi connectivity index (χ3v) is 1.14. The number of hydrogen-bond acceptors (Lipinski definition) is 3. The van der Waals surface area contributed by atoms with Gasteiger partial charge in [-0.15, -0.1) is 0 Å². The Bertz CT molecular complexity index is 169. The Hall–Kier alpha value is -0.990. The maximum absolute atomic E-state index is 5.48. The van der Waals surface area contributed by atoms with E-state index < -0.39 is 0 Å². The van der Waals surface area contributed by atoms with Crippen LogP contribution in [-0.2, 0) is 0 Å². The van der Waals surface area contributed by atoms with Gasteiger partial charge in [-0.25, -0.2) is 4.99 Å². The van der Waals surface area contributed by atoms with Crippen LogP contribution in [0.2, 0.25) is 0 Å². The highest BCUT2D eigenvalue weighted by Crippen LogP contribution is 2.01. The van der Waals surface area contributed by atoms with Gasteiger partial charge in [-0.3, -0.25) is 0 Å². The van der Waals surface area contributed by atoms with Crippen molar-refractivity contribution in [3.05, 3.63) is 11.9 Å². The molecular formula is C6H11N3. The lowest BCUT2D eigenvalue weighted by Crippen LogP contribution is -2.30. The van der Waals surface area contributed by atoms with Crippen LogP contribution < -0.4 is 5.73 Å². The molecule has 1 rings (SSSR count). The largest absolute Gasteiger partial charge is 0.386 e. The number of allylic oxidation sites excluding steroid dienone is 1. The van der Waals surface area contributed by atoms with Crippen molar-refractivity contribution in [1.29, 1.82) is 0 Å². The molecule has 0 fully saturated rings. The first-order valence-electron chi connectivity index (χ1n) is 2.90. The van der Waals surface area contributed by atoms with Crippen molar-refractivity contribution in [1.82, 2.24) is 4.90 Å². The van der Waals surface area contributed by atoms with Crippen LogP contribution in [-0.4, -0.2) is 24.3 Å². The third-order valence-electron chi connectivity index (χ3n) is 1.14. The first-order valence-corrected chi connectivity index (χ1v) is 2.90. The first kappa shape index (κ1) is 6.13. The van der Waals surface area contributed by atoms with Crippen LogP contribution in [0.5, 0.6) is 0 Å². The summed E-state index contributed by atoms with van der Waals surface area (Å²) in [7, 11) is 1.98. The fraction of sp³-hybridized carbons (Fsp3) is 0.500. The van der Waals surface area contributed by atoms with Gasteiger partial charge >= 0.3 is 0 Å². The van der Waals surface area contributed by atoms with Gasteiger partial charge in [-0.05, 0) is 6.92 Å². The maximum Gasteiger partial charge on any atom is 0.119 e. The minimum Gasteiger partial charge on any atom is -0.386 e. The molecule has 0 radical (unpaired) electrons. The second-order valence-corrected chi connectivity index (χ2v) is 2.29. The molecule has 0 saturated heterocycles. The van der Waals surface area contributed by atoms with Gasteiger partial charge in [0.1, 0.15) is 5.84 Å². The fourth-order valence-electron chi connectivity index (χ4n) is 0.911. The molecule has 9 heavy (non-hydrogen) atoms. The second kappa shape index (κ2) is 2.09. The standard InChI is InChI=1S/C6H11N3/c1-5-3-9(2)4-6(7)8-5/h3H,4H2,1-2H3,(H2,7,8). The number of aliphatic imine (C=N–C) groups is 1. The zero-order valence-corrected chi connectivity index (χ0v) is 5.76. The molecule has 0 aromatic rings. The molecular weight excluding hydrogens is 114 g/mol. The van der Waals surface area contributed by atoms with E-state index in [-0.39, 0.29) is 0 Å². The lowest BCUT2D eigenvalue weighted by atomic mass is 10.4. The SMILES string of the molecule is CC1=CN(C)CC(N)=N1. The highest BCUT2D eigenvalue weighted by Gasteiger charge is 2.02. The summed E-state index contributed by atoms with van der Waals surface area (Å²) in [6.07, 6.45) is 1.97. The summed E-state index contributed by atoms with van der Waals surface area (Å²) in [5.74, 6) is 0.692. The number of nitrogens with zero attached hydrogens (tertiary/aromatic N) is 2. The number of likely N-dealkylation sites (N-methyl/N-ethyl adjacent to an activating group) is 1. The Labute approximate surface area is 54.9 Å². The Morgan fingerprint density at radius 1 is 1.78 bits per heavy atom. The Morgan fingerprint density at radius 3 is 2.89 bits per heavy atom. The normalized spacial score (nSPS) is 19.1. The molecule has 0 aromatic carbocycles. The van der Waals surface area contributed by atoms with Crippen molar-refractivity contribution in [3.8, 4) is 0 Å². The van der Waals surface area contributed by atoms with Crippen molar-refractivity contribution in [2.45, 2.75) is 6.92 Å². The predicted octanol–water partition coefficient (Wildman–Crippen LogP) is 0.150.